The molecule has 0 fully saturated rings. The van der Waals surface area contributed by atoms with E-state index in [2.05, 4.69) is 15.3 Å². The number of hydrogen-bond donors (Lipinski definition) is 1. The average molecular weight is 437 g/mol. The van der Waals surface area contributed by atoms with Crippen LogP contribution in [0.4, 0.5) is 0 Å². The number of hydrazone groups is 1. The summed E-state index contributed by atoms with van der Waals surface area (Å²) in [6.45, 7) is 2.04. The van der Waals surface area contributed by atoms with Crippen molar-refractivity contribution >= 4 is 41.5 Å². The molecule has 0 aromatic heterocycles. The maximum atomic E-state index is 11.9. The van der Waals surface area contributed by atoms with Crippen molar-refractivity contribution in [2.24, 2.45) is 5.10 Å². The standard InChI is InChI=1S/C20H21ClN2O5S/c1-3-27-18-10-14(4-9-17(18)28-12-20(25)26-2)11-22-23-19(24)13-29-16-7-5-15(21)6-8-16/h4-11H,3,12-13H2,1-2H3,(H,23,24)/b22-11-. The summed E-state index contributed by atoms with van der Waals surface area (Å²) in [6, 6.07) is 12.3. The minimum absolute atomic E-state index is 0.217. The molecule has 154 valence electrons. The zero-order valence-corrected chi connectivity index (χ0v) is 17.6. The van der Waals surface area contributed by atoms with Crippen molar-refractivity contribution in [2.75, 3.05) is 26.1 Å². The molecule has 29 heavy (non-hydrogen) atoms. The first-order chi connectivity index (χ1) is 14.0. The number of hydrogen-bond acceptors (Lipinski definition) is 7. The molecular formula is C20H21ClN2O5S. The third-order valence-electron chi connectivity index (χ3n) is 3.43. The first-order valence-corrected chi connectivity index (χ1v) is 10.0. The number of esters is 1. The molecule has 0 saturated heterocycles. The summed E-state index contributed by atoms with van der Waals surface area (Å²) in [5.41, 5.74) is 3.18. The number of nitrogens with one attached hydrogen (secondary N) is 1. The number of amides is 1. The Morgan fingerprint density at radius 2 is 1.90 bits per heavy atom. The van der Waals surface area contributed by atoms with Gasteiger partial charge in [-0.1, -0.05) is 11.6 Å². The molecule has 0 bridgehead atoms. The fraction of sp³-hybridized carbons (Fsp3) is 0.250. The van der Waals surface area contributed by atoms with E-state index in [1.807, 2.05) is 19.1 Å². The van der Waals surface area contributed by atoms with Crippen LogP contribution in [-0.2, 0) is 14.3 Å². The van der Waals surface area contributed by atoms with E-state index in [-0.39, 0.29) is 18.3 Å². The van der Waals surface area contributed by atoms with Gasteiger partial charge in [-0.3, -0.25) is 4.79 Å². The summed E-state index contributed by atoms with van der Waals surface area (Å²) in [5.74, 6) is 0.382. The molecule has 0 saturated carbocycles. The van der Waals surface area contributed by atoms with Crippen LogP contribution in [0.25, 0.3) is 0 Å². The molecule has 1 N–H and O–H groups in total. The third kappa shape index (κ3) is 8.05. The second-order valence-corrected chi connectivity index (χ2v) is 7.02. The van der Waals surface area contributed by atoms with E-state index in [4.69, 9.17) is 21.1 Å². The molecule has 0 unspecified atom stereocenters. The lowest BCUT2D eigenvalue weighted by Crippen LogP contribution is -2.19. The zero-order chi connectivity index (χ0) is 21.1. The van der Waals surface area contributed by atoms with E-state index in [1.165, 1.54) is 25.1 Å². The van der Waals surface area contributed by atoms with Crippen molar-refractivity contribution in [1.82, 2.24) is 5.43 Å². The van der Waals surface area contributed by atoms with Gasteiger partial charge >= 0.3 is 5.97 Å². The SMILES string of the molecule is CCOc1cc(/C=N\NC(=O)CSc2ccc(Cl)cc2)ccc1OCC(=O)OC. The average Bonchev–Trinajstić information content (AvgIpc) is 2.72. The van der Waals surface area contributed by atoms with E-state index in [1.54, 1.807) is 30.3 Å². The molecule has 0 heterocycles. The Hall–Kier alpha value is -2.71. The van der Waals surface area contributed by atoms with Gasteiger partial charge < -0.3 is 14.2 Å². The Morgan fingerprint density at radius 3 is 2.59 bits per heavy atom. The van der Waals surface area contributed by atoms with Gasteiger partial charge in [-0.05, 0) is 55.0 Å². The van der Waals surface area contributed by atoms with Gasteiger partial charge in [-0.2, -0.15) is 5.10 Å². The van der Waals surface area contributed by atoms with Crippen molar-refractivity contribution < 1.29 is 23.8 Å². The molecule has 0 radical (unpaired) electrons. The predicted octanol–water partition coefficient (Wildman–Crippen LogP) is 3.53. The number of benzene rings is 2. The Balaban J connectivity index is 1.89. The second-order valence-electron chi connectivity index (χ2n) is 5.54. The highest BCUT2D eigenvalue weighted by molar-refractivity contribution is 8.00. The molecule has 0 spiro atoms. The highest BCUT2D eigenvalue weighted by Gasteiger charge is 2.09. The first-order valence-electron chi connectivity index (χ1n) is 8.68. The van der Waals surface area contributed by atoms with Crippen LogP contribution in [0, 0.1) is 0 Å². The van der Waals surface area contributed by atoms with Gasteiger partial charge in [-0.15, -0.1) is 11.8 Å². The molecular weight excluding hydrogens is 416 g/mol. The van der Waals surface area contributed by atoms with Crippen molar-refractivity contribution in [3.05, 3.63) is 53.1 Å². The minimum atomic E-state index is -0.489. The molecule has 7 nitrogen and oxygen atoms in total. The third-order valence-corrected chi connectivity index (χ3v) is 4.69. The molecule has 0 aliphatic heterocycles. The van der Waals surface area contributed by atoms with Crippen LogP contribution >= 0.6 is 23.4 Å². The van der Waals surface area contributed by atoms with Gasteiger partial charge in [0, 0.05) is 9.92 Å². The molecule has 0 aliphatic carbocycles. The number of nitrogens with zero attached hydrogens (tertiary/aromatic N) is 1. The summed E-state index contributed by atoms with van der Waals surface area (Å²) < 4.78 is 15.5. The number of rotatable bonds is 10. The predicted molar refractivity (Wildman–Crippen MR) is 113 cm³/mol. The minimum Gasteiger partial charge on any atom is -0.490 e. The largest absolute Gasteiger partial charge is 0.490 e. The molecule has 9 heteroatoms. The smallest absolute Gasteiger partial charge is 0.343 e. The number of carbonyl (C=O) groups is 2. The number of halogens is 1. The normalized spacial score (nSPS) is 10.6. The quantitative estimate of drug-likeness (QED) is 0.265. The summed E-state index contributed by atoms with van der Waals surface area (Å²) >= 11 is 7.22. The first kappa shape index (κ1) is 22.6. The maximum absolute atomic E-state index is 11.9. The summed E-state index contributed by atoms with van der Waals surface area (Å²) in [7, 11) is 1.29. The molecule has 0 aliphatic rings. The van der Waals surface area contributed by atoms with Gasteiger partial charge in [0.2, 0.25) is 5.91 Å². The molecule has 2 rings (SSSR count). The lowest BCUT2D eigenvalue weighted by atomic mass is 10.2. The topological polar surface area (TPSA) is 86.2 Å². The summed E-state index contributed by atoms with van der Waals surface area (Å²) in [6.07, 6.45) is 1.50. The van der Waals surface area contributed by atoms with Crippen LogP contribution in [0.3, 0.4) is 0 Å². The Morgan fingerprint density at radius 1 is 1.14 bits per heavy atom. The van der Waals surface area contributed by atoms with Crippen LogP contribution in [0.1, 0.15) is 12.5 Å². The lowest BCUT2D eigenvalue weighted by Gasteiger charge is -2.11. The van der Waals surface area contributed by atoms with Crippen LogP contribution in [0.2, 0.25) is 5.02 Å². The van der Waals surface area contributed by atoms with Crippen LogP contribution in [0.5, 0.6) is 11.5 Å². The van der Waals surface area contributed by atoms with Crippen molar-refractivity contribution in [2.45, 2.75) is 11.8 Å². The summed E-state index contributed by atoms with van der Waals surface area (Å²) in [4.78, 5) is 24.1. The van der Waals surface area contributed by atoms with Gasteiger partial charge in [0.05, 0.1) is 25.7 Å². The zero-order valence-electron chi connectivity index (χ0n) is 16.0. The van der Waals surface area contributed by atoms with E-state index in [9.17, 15) is 9.59 Å². The van der Waals surface area contributed by atoms with Crippen molar-refractivity contribution in [3.8, 4) is 11.5 Å². The lowest BCUT2D eigenvalue weighted by molar-refractivity contribution is -0.142. The van der Waals surface area contributed by atoms with E-state index < -0.39 is 5.97 Å². The number of thioether (sulfide) groups is 1. The van der Waals surface area contributed by atoms with Crippen molar-refractivity contribution in [3.63, 3.8) is 0 Å². The Labute approximate surface area is 178 Å². The highest BCUT2D eigenvalue weighted by Crippen LogP contribution is 2.28. The van der Waals surface area contributed by atoms with E-state index in [0.29, 0.717) is 28.7 Å². The number of ether oxygens (including phenoxy) is 3. The van der Waals surface area contributed by atoms with Crippen LogP contribution < -0.4 is 14.9 Å². The molecule has 0 atom stereocenters. The monoisotopic (exact) mass is 436 g/mol. The number of methoxy groups -OCH3 is 1. The van der Waals surface area contributed by atoms with Crippen LogP contribution in [0.15, 0.2) is 52.5 Å². The Kier molecular flexibility index (Phi) is 9.33. The molecule has 1 amide bonds. The molecule has 2 aromatic rings. The van der Waals surface area contributed by atoms with Gasteiger partial charge in [-0.25, -0.2) is 10.2 Å². The van der Waals surface area contributed by atoms with Crippen LogP contribution in [-0.4, -0.2) is 44.2 Å². The van der Waals surface area contributed by atoms with Crippen molar-refractivity contribution in [1.29, 1.82) is 0 Å². The van der Waals surface area contributed by atoms with Gasteiger partial charge in [0.25, 0.3) is 0 Å². The Bertz CT molecular complexity index is 858. The fourth-order valence-electron chi connectivity index (χ4n) is 2.08. The molecule has 2 aromatic carbocycles. The fourth-order valence-corrected chi connectivity index (χ4v) is 2.90. The van der Waals surface area contributed by atoms with Gasteiger partial charge in [0.15, 0.2) is 18.1 Å². The van der Waals surface area contributed by atoms with E-state index >= 15 is 0 Å². The second kappa shape index (κ2) is 12.0. The maximum Gasteiger partial charge on any atom is 0.343 e. The van der Waals surface area contributed by atoms with Gasteiger partial charge in [0.1, 0.15) is 0 Å². The number of carbonyl (C=O) groups excluding carboxylic acids is 2. The van der Waals surface area contributed by atoms with E-state index in [0.717, 1.165) is 4.90 Å². The summed E-state index contributed by atoms with van der Waals surface area (Å²) in [5, 5.41) is 4.61. The highest BCUT2D eigenvalue weighted by atomic mass is 35.5.